The molecule has 1 heterocycles. The minimum atomic E-state index is -0.174. The van der Waals surface area contributed by atoms with Crippen molar-refractivity contribution in [2.45, 2.75) is 6.92 Å². The van der Waals surface area contributed by atoms with Crippen LogP contribution in [0.25, 0.3) is 22.2 Å². The number of carbonyl (C=O) groups is 1. The Labute approximate surface area is 162 Å². The van der Waals surface area contributed by atoms with Crippen molar-refractivity contribution in [3.63, 3.8) is 0 Å². The Morgan fingerprint density at radius 1 is 0.926 bits per heavy atom. The molecular formula is C23H17ClN2O. The summed E-state index contributed by atoms with van der Waals surface area (Å²) >= 11 is 6.31. The molecule has 27 heavy (non-hydrogen) atoms. The van der Waals surface area contributed by atoms with Gasteiger partial charge in [0.25, 0.3) is 5.91 Å². The normalized spacial score (nSPS) is 10.7. The van der Waals surface area contributed by atoms with Gasteiger partial charge in [0.05, 0.1) is 16.8 Å². The zero-order chi connectivity index (χ0) is 18.8. The summed E-state index contributed by atoms with van der Waals surface area (Å²) < 4.78 is 0. The Bertz CT molecular complexity index is 1130. The fourth-order valence-corrected chi connectivity index (χ4v) is 3.22. The van der Waals surface area contributed by atoms with E-state index in [0.717, 1.165) is 33.4 Å². The van der Waals surface area contributed by atoms with E-state index in [1.807, 2.05) is 85.8 Å². The van der Waals surface area contributed by atoms with Crippen LogP contribution in [0.15, 0.2) is 78.9 Å². The van der Waals surface area contributed by atoms with Gasteiger partial charge in [0.1, 0.15) is 0 Å². The van der Waals surface area contributed by atoms with Gasteiger partial charge in [0, 0.05) is 21.7 Å². The third-order valence-corrected chi connectivity index (χ3v) is 4.92. The number of hydrogen-bond donors (Lipinski definition) is 1. The van der Waals surface area contributed by atoms with E-state index in [2.05, 4.69) is 5.32 Å². The quantitative estimate of drug-likeness (QED) is 0.471. The lowest BCUT2D eigenvalue weighted by molar-refractivity contribution is 0.102. The van der Waals surface area contributed by atoms with E-state index < -0.39 is 0 Å². The zero-order valence-electron chi connectivity index (χ0n) is 14.7. The van der Waals surface area contributed by atoms with E-state index in [4.69, 9.17) is 16.6 Å². The summed E-state index contributed by atoms with van der Waals surface area (Å²) in [5.74, 6) is -0.174. The molecule has 0 saturated heterocycles. The molecule has 3 nitrogen and oxygen atoms in total. The van der Waals surface area contributed by atoms with Crippen molar-refractivity contribution in [1.82, 2.24) is 4.98 Å². The predicted molar refractivity (Wildman–Crippen MR) is 111 cm³/mol. The highest BCUT2D eigenvalue weighted by Crippen LogP contribution is 2.30. The number of rotatable bonds is 3. The molecule has 0 fully saturated rings. The van der Waals surface area contributed by atoms with Crippen LogP contribution in [0.5, 0.6) is 0 Å². The van der Waals surface area contributed by atoms with E-state index in [9.17, 15) is 4.79 Å². The van der Waals surface area contributed by atoms with Crippen LogP contribution in [0.2, 0.25) is 5.02 Å². The monoisotopic (exact) mass is 372 g/mol. The number of para-hydroxylation sites is 1. The summed E-state index contributed by atoms with van der Waals surface area (Å²) in [5, 5.41) is 4.38. The van der Waals surface area contributed by atoms with Gasteiger partial charge >= 0.3 is 0 Å². The molecule has 1 amide bonds. The summed E-state index contributed by atoms with van der Waals surface area (Å²) in [7, 11) is 0. The van der Waals surface area contributed by atoms with Crippen LogP contribution in [-0.4, -0.2) is 10.9 Å². The molecule has 0 atom stereocenters. The van der Waals surface area contributed by atoms with E-state index in [1.165, 1.54) is 0 Å². The number of pyridine rings is 1. The first-order chi connectivity index (χ1) is 13.1. The summed E-state index contributed by atoms with van der Waals surface area (Å²) in [6, 6.07) is 24.7. The van der Waals surface area contributed by atoms with Gasteiger partial charge in [0.2, 0.25) is 0 Å². The minimum absolute atomic E-state index is 0.174. The van der Waals surface area contributed by atoms with Crippen LogP contribution >= 0.6 is 11.6 Å². The Balaban J connectivity index is 1.90. The van der Waals surface area contributed by atoms with Gasteiger partial charge in [-0.2, -0.15) is 0 Å². The number of benzene rings is 3. The van der Waals surface area contributed by atoms with Crippen molar-refractivity contribution >= 4 is 34.1 Å². The van der Waals surface area contributed by atoms with Crippen LogP contribution in [0.3, 0.4) is 0 Å². The number of hydrogen-bond acceptors (Lipinski definition) is 2. The van der Waals surface area contributed by atoms with Crippen LogP contribution in [-0.2, 0) is 0 Å². The van der Waals surface area contributed by atoms with Crippen molar-refractivity contribution < 1.29 is 4.79 Å². The van der Waals surface area contributed by atoms with Crippen molar-refractivity contribution in [2.24, 2.45) is 0 Å². The largest absolute Gasteiger partial charge is 0.322 e. The van der Waals surface area contributed by atoms with Crippen LogP contribution in [0.4, 0.5) is 5.69 Å². The van der Waals surface area contributed by atoms with Gasteiger partial charge < -0.3 is 5.32 Å². The minimum Gasteiger partial charge on any atom is -0.322 e. The second-order valence-corrected chi connectivity index (χ2v) is 6.72. The maximum absolute atomic E-state index is 13.0. The van der Waals surface area contributed by atoms with Crippen LogP contribution in [0.1, 0.15) is 15.9 Å². The van der Waals surface area contributed by atoms with Gasteiger partial charge in [-0.25, -0.2) is 4.98 Å². The molecule has 1 N–H and O–H groups in total. The van der Waals surface area contributed by atoms with Crippen molar-refractivity contribution in [2.75, 3.05) is 5.32 Å². The Morgan fingerprint density at radius 3 is 2.30 bits per heavy atom. The van der Waals surface area contributed by atoms with Gasteiger partial charge in [-0.05, 0) is 36.8 Å². The Kier molecular flexibility index (Phi) is 4.61. The molecule has 0 unspecified atom stereocenters. The maximum Gasteiger partial charge on any atom is 0.256 e. The lowest BCUT2D eigenvalue weighted by atomic mass is 10.0. The molecule has 0 bridgehead atoms. The molecule has 4 rings (SSSR count). The average Bonchev–Trinajstić information content (AvgIpc) is 2.71. The fraction of sp³-hybridized carbons (Fsp3) is 0.0435. The molecule has 0 spiro atoms. The van der Waals surface area contributed by atoms with E-state index in [0.29, 0.717) is 10.6 Å². The van der Waals surface area contributed by atoms with E-state index in [1.54, 1.807) is 0 Å². The molecule has 4 heteroatoms. The molecule has 4 aromatic rings. The number of amides is 1. The van der Waals surface area contributed by atoms with Crippen molar-refractivity contribution in [1.29, 1.82) is 0 Å². The smallest absolute Gasteiger partial charge is 0.256 e. The summed E-state index contributed by atoms with van der Waals surface area (Å²) in [4.78, 5) is 17.8. The molecule has 0 aliphatic heterocycles. The predicted octanol–water partition coefficient (Wildman–Crippen LogP) is 6.12. The third-order valence-electron chi connectivity index (χ3n) is 4.51. The highest BCUT2D eigenvalue weighted by Gasteiger charge is 2.16. The first kappa shape index (κ1) is 17.3. The molecule has 1 aromatic heterocycles. The SMILES string of the molecule is Cc1c(Cl)ccc2c(C(=O)Nc3ccccc3)cc(-c3ccccc3)nc12. The molecule has 0 aliphatic rings. The van der Waals surface area contributed by atoms with Crippen molar-refractivity contribution in [3.05, 3.63) is 95.0 Å². The summed E-state index contributed by atoms with van der Waals surface area (Å²) in [6.07, 6.45) is 0. The molecule has 0 saturated carbocycles. The standard InChI is InChI=1S/C23H17ClN2O/c1-15-20(24)13-12-18-19(23(27)25-17-10-6-3-7-11-17)14-21(26-22(15)18)16-8-4-2-5-9-16/h2-14H,1H3,(H,25,27). The van der Waals surface area contributed by atoms with Gasteiger partial charge in [-0.3, -0.25) is 4.79 Å². The van der Waals surface area contributed by atoms with E-state index >= 15 is 0 Å². The number of fused-ring (bicyclic) bond motifs is 1. The highest BCUT2D eigenvalue weighted by atomic mass is 35.5. The van der Waals surface area contributed by atoms with Gasteiger partial charge in [-0.15, -0.1) is 0 Å². The van der Waals surface area contributed by atoms with Gasteiger partial charge in [0.15, 0.2) is 0 Å². The number of aromatic nitrogens is 1. The fourth-order valence-electron chi connectivity index (χ4n) is 3.07. The number of anilines is 1. The lowest BCUT2D eigenvalue weighted by Gasteiger charge is -2.13. The second-order valence-electron chi connectivity index (χ2n) is 6.31. The number of carbonyl (C=O) groups excluding carboxylic acids is 1. The lowest BCUT2D eigenvalue weighted by Crippen LogP contribution is -2.13. The number of nitrogens with one attached hydrogen (secondary N) is 1. The Morgan fingerprint density at radius 2 is 1.59 bits per heavy atom. The number of nitrogens with zero attached hydrogens (tertiary/aromatic N) is 1. The van der Waals surface area contributed by atoms with Crippen LogP contribution < -0.4 is 5.32 Å². The molecule has 3 aromatic carbocycles. The first-order valence-corrected chi connectivity index (χ1v) is 9.03. The number of aryl methyl sites for hydroxylation is 1. The number of halogens is 1. The second kappa shape index (κ2) is 7.22. The maximum atomic E-state index is 13.0. The zero-order valence-corrected chi connectivity index (χ0v) is 15.5. The molecule has 0 radical (unpaired) electrons. The summed E-state index contributed by atoms with van der Waals surface area (Å²) in [5.41, 5.74) is 4.61. The molecule has 0 aliphatic carbocycles. The third kappa shape index (κ3) is 3.42. The summed E-state index contributed by atoms with van der Waals surface area (Å²) in [6.45, 7) is 1.92. The molecular weight excluding hydrogens is 356 g/mol. The van der Waals surface area contributed by atoms with E-state index in [-0.39, 0.29) is 5.91 Å². The Hall–Kier alpha value is -3.17. The molecule has 132 valence electrons. The van der Waals surface area contributed by atoms with Crippen molar-refractivity contribution in [3.8, 4) is 11.3 Å². The topological polar surface area (TPSA) is 42.0 Å². The average molecular weight is 373 g/mol. The van der Waals surface area contributed by atoms with Crippen LogP contribution in [0, 0.1) is 6.92 Å². The highest BCUT2D eigenvalue weighted by molar-refractivity contribution is 6.32. The first-order valence-electron chi connectivity index (χ1n) is 8.65. The van der Waals surface area contributed by atoms with Gasteiger partial charge in [-0.1, -0.05) is 66.2 Å².